The van der Waals surface area contributed by atoms with Crippen molar-refractivity contribution in [3.63, 3.8) is 0 Å². The third kappa shape index (κ3) is 3.52. The van der Waals surface area contributed by atoms with E-state index in [1.165, 1.54) is 23.5 Å². The third-order valence-corrected chi connectivity index (χ3v) is 6.50. The van der Waals surface area contributed by atoms with Crippen molar-refractivity contribution in [2.45, 2.75) is 32.2 Å². The van der Waals surface area contributed by atoms with Crippen molar-refractivity contribution >= 4 is 33.1 Å². The van der Waals surface area contributed by atoms with Gasteiger partial charge in [-0.25, -0.2) is 9.97 Å². The molecule has 0 spiro atoms. The van der Waals surface area contributed by atoms with Gasteiger partial charge in [-0.1, -0.05) is 0 Å². The molecule has 0 bridgehead atoms. The van der Waals surface area contributed by atoms with Gasteiger partial charge in [-0.05, 0) is 44.4 Å². The van der Waals surface area contributed by atoms with Crippen LogP contribution in [0, 0.1) is 28.4 Å². The van der Waals surface area contributed by atoms with Gasteiger partial charge >= 0.3 is 0 Å². The predicted octanol–water partition coefficient (Wildman–Crippen LogP) is 3.76. The summed E-state index contributed by atoms with van der Waals surface area (Å²) in [6.45, 7) is 5.53. The number of rotatable bonds is 3. The lowest BCUT2D eigenvalue weighted by Crippen LogP contribution is -2.48. The summed E-state index contributed by atoms with van der Waals surface area (Å²) in [5.41, 5.74) is 7.71. The molecular formula is C20H20N6O2S. The third-order valence-electron chi connectivity index (χ3n) is 5.41. The quantitative estimate of drug-likeness (QED) is 0.517. The Kier molecular flexibility index (Phi) is 4.68. The summed E-state index contributed by atoms with van der Waals surface area (Å²) in [5.74, 6) is 1.29. The fraction of sp³-hybridized carbons (Fsp3) is 0.350. The molecular weight excluding hydrogens is 388 g/mol. The first-order chi connectivity index (χ1) is 13.8. The van der Waals surface area contributed by atoms with E-state index in [4.69, 9.17) is 10.7 Å². The van der Waals surface area contributed by atoms with E-state index < -0.39 is 4.92 Å². The number of nitrogens with two attached hydrogens (primary N) is 1. The van der Waals surface area contributed by atoms with Gasteiger partial charge in [0.05, 0.1) is 10.3 Å². The molecule has 9 heteroatoms. The first-order valence-electron chi connectivity index (χ1n) is 9.29. The Labute approximate surface area is 171 Å². The molecule has 0 amide bonds. The molecule has 3 heterocycles. The lowest BCUT2D eigenvalue weighted by molar-refractivity contribution is -0.384. The molecule has 1 saturated heterocycles. The molecule has 3 aromatic rings. The van der Waals surface area contributed by atoms with Crippen LogP contribution in [0.25, 0.3) is 21.6 Å². The summed E-state index contributed by atoms with van der Waals surface area (Å²) in [7, 11) is 0. The number of nitro groups is 1. The fourth-order valence-electron chi connectivity index (χ4n) is 3.54. The van der Waals surface area contributed by atoms with E-state index in [9.17, 15) is 15.4 Å². The molecule has 4 rings (SSSR count). The number of nitriles is 1. The number of fused-ring (bicyclic) bond motifs is 1. The Morgan fingerprint density at radius 3 is 2.52 bits per heavy atom. The van der Waals surface area contributed by atoms with Crippen LogP contribution in [0.15, 0.2) is 24.3 Å². The number of hydrogen-bond donors (Lipinski definition) is 1. The molecule has 1 aliphatic heterocycles. The number of nitro benzene ring substituents is 1. The van der Waals surface area contributed by atoms with Crippen LogP contribution in [0.2, 0.25) is 0 Å². The first kappa shape index (κ1) is 19.2. The number of thiophene rings is 1. The first-order valence-corrected chi connectivity index (χ1v) is 10.1. The molecule has 0 aliphatic carbocycles. The highest BCUT2D eigenvalue weighted by atomic mass is 32.1. The average molecular weight is 408 g/mol. The number of benzene rings is 1. The second-order valence-corrected chi connectivity index (χ2v) is 8.66. The molecule has 0 radical (unpaired) electrons. The van der Waals surface area contributed by atoms with Gasteiger partial charge in [-0.3, -0.25) is 10.1 Å². The molecule has 148 valence electrons. The van der Waals surface area contributed by atoms with E-state index in [1.807, 2.05) is 6.92 Å². The Bertz CT molecular complexity index is 1140. The molecule has 0 saturated carbocycles. The van der Waals surface area contributed by atoms with Crippen LogP contribution in [0.1, 0.15) is 30.2 Å². The normalized spacial score (nSPS) is 16.0. The summed E-state index contributed by atoms with van der Waals surface area (Å²) < 4.78 is 0. The van der Waals surface area contributed by atoms with E-state index in [1.54, 1.807) is 12.1 Å². The lowest BCUT2D eigenvalue weighted by Gasteiger charge is -2.37. The standard InChI is InChI=1S/C20H20N6O2S/c1-12-15(11-21)29-19-16(12)18(25-9-7-20(2,22)8-10-25)23-17(24-19)13-3-5-14(6-4-13)26(27)28/h3-6H,7-10,22H2,1-2H3. The Hall–Kier alpha value is -3.09. The molecule has 29 heavy (non-hydrogen) atoms. The average Bonchev–Trinajstić information content (AvgIpc) is 3.03. The van der Waals surface area contributed by atoms with E-state index in [-0.39, 0.29) is 11.2 Å². The number of non-ortho nitro benzene ring substituents is 1. The summed E-state index contributed by atoms with van der Waals surface area (Å²) in [5, 5.41) is 21.3. The summed E-state index contributed by atoms with van der Waals surface area (Å²) >= 11 is 1.35. The molecule has 2 N–H and O–H groups in total. The Balaban J connectivity index is 1.85. The number of nitrogens with zero attached hydrogens (tertiary/aromatic N) is 5. The second kappa shape index (κ2) is 7.06. The van der Waals surface area contributed by atoms with Crippen molar-refractivity contribution in [1.29, 1.82) is 5.26 Å². The topological polar surface area (TPSA) is 122 Å². The molecule has 0 unspecified atom stereocenters. The zero-order chi connectivity index (χ0) is 20.8. The largest absolute Gasteiger partial charge is 0.356 e. The number of aromatic nitrogens is 2. The summed E-state index contributed by atoms with van der Waals surface area (Å²) in [6, 6.07) is 8.45. The Morgan fingerprint density at radius 2 is 1.93 bits per heavy atom. The van der Waals surface area contributed by atoms with Crippen LogP contribution < -0.4 is 10.6 Å². The minimum absolute atomic E-state index is 0.0204. The van der Waals surface area contributed by atoms with Gasteiger partial charge in [0.1, 0.15) is 21.6 Å². The summed E-state index contributed by atoms with van der Waals surface area (Å²) in [6.07, 6.45) is 1.69. The minimum Gasteiger partial charge on any atom is -0.356 e. The highest BCUT2D eigenvalue weighted by Gasteiger charge is 2.29. The van der Waals surface area contributed by atoms with Crippen LogP contribution in [-0.2, 0) is 0 Å². The van der Waals surface area contributed by atoms with E-state index in [0.717, 1.165) is 47.5 Å². The zero-order valence-electron chi connectivity index (χ0n) is 16.2. The highest BCUT2D eigenvalue weighted by Crippen LogP contribution is 2.38. The number of aryl methyl sites for hydroxylation is 1. The molecule has 1 aromatic carbocycles. The van der Waals surface area contributed by atoms with E-state index in [0.29, 0.717) is 16.3 Å². The van der Waals surface area contributed by atoms with Gasteiger partial charge in [-0.2, -0.15) is 5.26 Å². The van der Waals surface area contributed by atoms with Gasteiger partial charge in [0.2, 0.25) is 0 Å². The van der Waals surface area contributed by atoms with Crippen molar-refractivity contribution in [1.82, 2.24) is 9.97 Å². The number of hydrogen-bond acceptors (Lipinski definition) is 8. The van der Waals surface area contributed by atoms with Crippen molar-refractivity contribution in [3.8, 4) is 17.5 Å². The zero-order valence-corrected chi connectivity index (χ0v) is 17.0. The van der Waals surface area contributed by atoms with Crippen LogP contribution >= 0.6 is 11.3 Å². The maximum atomic E-state index is 10.9. The van der Waals surface area contributed by atoms with Crippen molar-refractivity contribution < 1.29 is 4.92 Å². The van der Waals surface area contributed by atoms with Gasteiger partial charge in [0, 0.05) is 36.3 Å². The highest BCUT2D eigenvalue weighted by molar-refractivity contribution is 7.19. The Morgan fingerprint density at radius 1 is 1.28 bits per heavy atom. The molecule has 1 aliphatic rings. The van der Waals surface area contributed by atoms with Gasteiger partial charge < -0.3 is 10.6 Å². The van der Waals surface area contributed by atoms with E-state index >= 15 is 0 Å². The SMILES string of the molecule is Cc1c(C#N)sc2nc(-c3ccc([N+](=O)[O-])cc3)nc(N3CCC(C)(N)CC3)c12. The van der Waals surface area contributed by atoms with E-state index in [2.05, 4.69) is 22.9 Å². The maximum Gasteiger partial charge on any atom is 0.269 e. The van der Waals surface area contributed by atoms with Gasteiger partial charge in [0.25, 0.3) is 5.69 Å². The predicted molar refractivity (Wildman–Crippen MR) is 113 cm³/mol. The van der Waals surface area contributed by atoms with Crippen molar-refractivity contribution in [2.75, 3.05) is 18.0 Å². The number of anilines is 1. The van der Waals surface area contributed by atoms with Crippen LogP contribution in [0.3, 0.4) is 0 Å². The van der Waals surface area contributed by atoms with Crippen LogP contribution in [0.5, 0.6) is 0 Å². The molecule has 1 fully saturated rings. The van der Waals surface area contributed by atoms with Gasteiger partial charge in [0.15, 0.2) is 5.82 Å². The number of piperidine rings is 1. The molecule has 2 aromatic heterocycles. The minimum atomic E-state index is -0.432. The van der Waals surface area contributed by atoms with Crippen molar-refractivity contribution in [3.05, 3.63) is 44.8 Å². The molecule has 8 nitrogen and oxygen atoms in total. The van der Waals surface area contributed by atoms with Crippen LogP contribution in [0.4, 0.5) is 11.5 Å². The maximum absolute atomic E-state index is 10.9. The lowest BCUT2D eigenvalue weighted by atomic mass is 9.91. The monoisotopic (exact) mass is 408 g/mol. The van der Waals surface area contributed by atoms with Crippen molar-refractivity contribution in [2.24, 2.45) is 5.73 Å². The second-order valence-electron chi connectivity index (χ2n) is 7.66. The van der Waals surface area contributed by atoms with Gasteiger partial charge in [-0.15, -0.1) is 11.3 Å². The smallest absolute Gasteiger partial charge is 0.269 e. The van der Waals surface area contributed by atoms with Crippen LogP contribution in [-0.4, -0.2) is 33.5 Å². The molecule has 0 atom stereocenters. The fourth-order valence-corrected chi connectivity index (χ4v) is 4.52. The summed E-state index contributed by atoms with van der Waals surface area (Å²) in [4.78, 5) is 23.6.